The highest BCUT2D eigenvalue weighted by molar-refractivity contribution is 5.30. The van der Waals surface area contributed by atoms with Crippen LogP contribution in [0.4, 0.5) is 5.95 Å². The Labute approximate surface area is 146 Å². The molecule has 0 saturated carbocycles. The van der Waals surface area contributed by atoms with E-state index in [4.69, 9.17) is 9.47 Å². The second kappa shape index (κ2) is 7.30. The normalized spacial score (nSPS) is 19.4. The second-order valence-corrected chi connectivity index (χ2v) is 6.09. The number of hydrogen-bond acceptors (Lipinski definition) is 8. The van der Waals surface area contributed by atoms with E-state index in [2.05, 4.69) is 24.8 Å². The van der Waals surface area contributed by atoms with Gasteiger partial charge < -0.3 is 19.5 Å². The molecule has 8 heteroatoms. The van der Waals surface area contributed by atoms with E-state index in [0.29, 0.717) is 18.9 Å². The van der Waals surface area contributed by atoms with E-state index in [0.717, 1.165) is 44.4 Å². The number of aromatic nitrogens is 3. The summed E-state index contributed by atoms with van der Waals surface area (Å²) in [6.07, 6.45) is 2.97. The van der Waals surface area contributed by atoms with Crippen LogP contribution in [0.5, 0.6) is 5.75 Å². The Morgan fingerprint density at radius 3 is 2.48 bits per heavy atom. The first-order chi connectivity index (χ1) is 12.3. The highest BCUT2D eigenvalue weighted by Crippen LogP contribution is 2.29. The highest BCUT2D eigenvalue weighted by atomic mass is 16.7. The number of anilines is 1. The molecule has 2 aromatic heterocycles. The third kappa shape index (κ3) is 3.71. The Morgan fingerprint density at radius 1 is 1.04 bits per heavy atom. The maximum absolute atomic E-state index is 10.0. The van der Waals surface area contributed by atoms with Gasteiger partial charge in [0.2, 0.25) is 12.2 Å². The first-order valence-electron chi connectivity index (χ1n) is 8.46. The number of hydrogen-bond donors (Lipinski definition) is 1. The van der Waals surface area contributed by atoms with Crippen LogP contribution < -0.4 is 4.90 Å². The maximum Gasteiger partial charge on any atom is 0.225 e. The Kier molecular flexibility index (Phi) is 4.73. The monoisotopic (exact) mass is 343 g/mol. The van der Waals surface area contributed by atoms with Gasteiger partial charge >= 0.3 is 0 Å². The van der Waals surface area contributed by atoms with Crippen LogP contribution in [-0.4, -0.2) is 64.4 Å². The van der Waals surface area contributed by atoms with Crippen LogP contribution in [0.25, 0.3) is 0 Å². The number of pyridine rings is 1. The lowest BCUT2D eigenvalue weighted by molar-refractivity contribution is -0.0489. The molecule has 0 spiro atoms. The third-order valence-electron chi connectivity index (χ3n) is 4.40. The van der Waals surface area contributed by atoms with Crippen LogP contribution in [0, 0.1) is 0 Å². The van der Waals surface area contributed by atoms with Gasteiger partial charge in [0.1, 0.15) is 11.4 Å². The van der Waals surface area contributed by atoms with E-state index >= 15 is 0 Å². The van der Waals surface area contributed by atoms with Gasteiger partial charge in [-0.05, 0) is 18.2 Å². The predicted molar refractivity (Wildman–Crippen MR) is 90.1 cm³/mol. The lowest BCUT2D eigenvalue weighted by atomic mass is 10.2. The number of rotatable bonds is 4. The van der Waals surface area contributed by atoms with E-state index in [-0.39, 0.29) is 5.75 Å². The van der Waals surface area contributed by atoms with Gasteiger partial charge in [-0.1, -0.05) is 0 Å². The van der Waals surface area contributed by atoms with Crippen molar-refractivity contribution in [3.05, 3.63) is 42.0 Å². The van der Waals surface area contributed by atoms with Crippen LogP contribution >= 0.6 is 0 Å². The van der Waals surface area contributed by atoms with Gasteiger partial charge in [0, 0.05) is 45.1 Å². The number of piperazine rings is 1. The zero-order chi connectivity index (χ0) is 17.1. The van der Waals surface area contributed by atoms with E-state index in [1.807, 2.05) is 12.1 Å². The standard InChI is InChI=1S/C17H21N5O3/c23-14-3-2-13(20-15(14)16-24-10-11-25-16)12-21-6-8-22(9-7-21)17-18-4-1-5-19-17/h1-5,16,23H,6-12H2. The summed E-state index contributed by atoms with van der Waals surface area (Å²) >= 11 is 0. The van der Waals surface area contributed by atoms with Gasteiger partial charge in [-0.15, -0.1) is 0 Å². The lowest BCUT2D eigenvalue weighted by Gasteiger charge is -2.34. The molecule has 0 aromatic carbocycles. The Balaban J connectivity index is 1.38. The minimum Gasteiger partial charge on any atom is -0.506 e. The summed E-state index contributed by atoms with van der Waals surface area (Å²) < 4.78 is 10.9. The summed E-state index contributed by atoms with van der Waals surface area (Å²) in [7, 11) is 0. The molecule has 132 valence electrons. The highest BCUT2D eigenvalue weighted by Gasteiger charge is 2.24. The summed E-state index contributed by atoms with van der Waals surface area (Å²) in [4.78, 5) is 17.7. The van der Waals surface area contributed by atoms with Gasteiger partial charge in [0.05, 0.1) is 18.9 Å². The van der Waals surface area contributed by atoms with Crippen molar-refractivity contribution in [2.45, 2.75) is 12.8 Å². The summed E-state index contributed by atoms with van der Waals surface area (Å²) in [5, 5.41) is 10.0. The molecule has 2 fully saturated rings. The van der Waals surface area contributed by atoms with Crippen LogP contribution in [0.3, 0.4) is 0 Å². The molecular formula is C17H21N5O3. The summed E-state index contributed by atoms with van der Waals surface area (Å²) in [5.41, 5.74) is 1.36. The summed E-state index contributed by atoms with van der Waals surface area (Å²) in [5.74, 6) is 0.893. The lowest BCUT2D eigenvalue weighted by Crippen LogP contribution is -2.46. The van der Waals surface area contributed by atoms with Crippen molar-refractivity contribution in [1.82, 2.24) is 19.9 Å². The minimum absolute atomic E-state index is 0.113. The SMILES string of the molecule is Oc1ccc(CN2CCN(c3ncccn3)CC2)nc1C1OCCO1. The molecule has 8 nitrogen and oxygen atoms in total. The van der Waals surface area contributed by atoms with Gasteiger partial charge in [-0.25, -0.2) is 15.0 Å². The number of nitrogens with zero attached hydrogens (tertiary/aromatic N) is 5. The molecule has 0 bridgehead atoms. The van der Waals surface area contributed by atoms with Gasteiger partial charge in [0.25, 0.3) is 0 Å². The fraction of sp³-hybridized carbons (Fsp3) is 0.471. The molecule has 2 aromatic rings. The Hall–Kier alpha value is -2.29. The van der Waals surface area contributed by atoms with Crippen molar-refractivity contribution in [2.24, 2.45) is 0 Å². The van der Waals surface area contributed by atoms with Crippen molar-refractivity contribution in [1.29, 1.82) is 0 Å². The van der Waals surface area contributed by atoms with Crippen LogP contribution in [0.2, 0.25) is 0 Å². The topological polar surface area (TPSA) is 83.8 Å². The zero-order valence-electron chi connectivity index (χ0n) is 13.9. The third-order valence-corrected chi connectivity index (χ3v) is 4.40. The largest absolute Gasteiger partial charge is 0.506 e. The minimum atomic E-state index is -0.563. The van der Waals surface area contributed by atoms with E-state index in [1.54, 1.807) is 18.5 Å². The Morgan fingerprint density at radius 2 is 1.76 bits per heavy atom. The average Bonchev–Trinajstić information content (AvgIpc) is 3.19. The fourth-order valence-electron chi connectivity index (χ4n) is 3.08. The molecule has 2 saturated heterocycles. The summed E-state index contributed by atoms with van der Waals surface area (Å²) in [6, 6.07) is 5.34. The molecule has 2 aliphatic heterocycles. The average molecular weight is 343 g/mol. The van der Waals surface area contributed by atoms with E-state index in [1.165, 1.54) is 0 Å². The molecule has 0 aliphatic carbocycles. The molecule has 1 N–H and O–H groups in total. The van der Waals surface area contributed by atoms with Crippen LogP contribution in [0.15, 0.2) is 30.6 Å². The van der Waals surface area contributed by atoms with Crippen LogP contribution in [-0.2, 0) is 16.0 Å². The van der Waals surface area contributed by atoms with Crippen molar-refractivity contribution in [3.8, 4) is 5.75 Å². The molecule has 4 heterocycles. The molecule has 0 amide bonds. The smallest absolute Gasteiger partial charge is 0.225 e. The second-order valence-electron chi connectivity index (χ2n) is 6.09. The predicted octanol–water partition coefficient (Wildman–Crippen LogP) is 0.945. The van der Waals surface area contributed by atoms with Gasteiger partial charge in [-0.2, -0.15) is 0 Å². The fourth-order valence-corrected chi connectivity index (χ4v) is 3.08. The van der Waals surface area contributed by atoms with Crippen molar-refractivity contribution in [3.63, 3.8) is 0 Å². The number of ether oxygens (including phenoxy) is 2. The molecule has 2 aliphatic rings. The molecule has 0 atom stereocenters. The molecule has 25 heavy (non-hydrogen) atoms. The maximum atomic E-state index is 10.0. The first kappa shape index (κ1) is 16.2. The van der Waals surface area contributed by atoms with Crippen molar-refractivity contribution < 1.29 is 14.6 Å². The van der Waals surface area contributed by atoms with Crippen molar-refractivity contribution in [2.75, 3.05) is 44.3 Å². The zero-order valence-corrected chi connectivity index (χ0v) is 13.9. The molecular weight excluding hydrogens is 322 g/mol. The molecule has 0 radical (unpaired) electrons. The Bertz CT molecular complexity index is 701. The van der Waals surface area contributed by atoms with Gasteiger partial charge in [-0.3, -0.25) is 4.90 Å². The van der Waals surface area contributed by atoms with Crippen LogP contribution in [0.1, 0.15) is 17.7 Å². The molecule has 4 rings (SSSR count). The summed E-state index contributed by atoms with van der Waals surface area (Å²) in [6.45, 7) is 5.36. The van der Waals surface area contributed by atoms with Gasteiger partial charge in [0.15, 0.2) is 0 Å². The van der Waals surface area contributed by atoms with E-state index in [9.17, 15) is 5.11 Å². The van der Waals surface area contributed by atoms with Crippen molar-refractivity contribution >= 4 is 5.95 Å². The first-order valence-corrected chi connectivity index (χ1v) is 8.46. The molecule has 0 unspecified atom stereocenters. The van der Waals surface area contributed by atoms with E-state index < -0.39 is 6.29 Å². The quantitative estimate of drug-likeness (QED) is 0.878. The number of aromatic hydroxyl groups is 1.